The summed E-state index contributed by atoms with van der Waals surface area (Å²) in [4.78, 5) is 12.3. The highest BCUT2D eigenvalue weighted by atomic mass is 16.2. The molecule has 0 aliphatic carbocycles. The minimum absolute atomic E-state index is 0.0568. The molecule has 18 heavy (non-hydrogen) atoms. The van der Waals surface area contributed by atoms with Crippen molar-refractivity contribution in [3.63, 3.8) is 0 Å². The summed E-state index contributed by atoms with van der Waals surface area (Å²) in [5.74, 6) is 0.500. The first-order valence-electron chi connectivity index (χ1n) is 6.70. The molecule has 2 N–H and O–H groups in total. The lowest BCUT2D eigenvalue weighted by Gasteiger charge is -2.29. The number of aryl methyl sites for hydroxylation is 1. The lowest BCUT2D eigenvalue weighted by Crippen LogP contribution is -2.48. The van der Waals surface area contributed by atoms with Gasteiger partial charge in [0.05, 0.1) is 6.04 Å². The minimum atomic E-state index is -0.0568. The topological polar surface area (TPSA) is 41.1 Å². The molecule has 1 aromatic carbocycles. The third-order valence-electron chi connectivity index (χ3n) is 3.91. The Hall–Kier alpha value is -1.35. The lowest BCUT2D eigenvalue weighted by molar-refractivity contribution is -0.119. The van der Waals surface area contributed by atoms with E-state index >= 15 is 0 Å². The molecular formula is C15H22N2O. The molecule has 0 bridgehead atoms. The molecule has 2 rings (SSSR count). The molecule has 3 nitrogen and oxygen atoms in total. The summed E-state index contributed by atoms with van der Waals surface area (Å²) in [5.41, 5.74) is 3.28. The number of nitrogens with one attached hydrogen (secondary N) is 2. The van der Waals surface area contributed by atoms with E-state index in [0.29, 0.717) is 5.92 Å². The predicted molar refractivity (Wildman–Crippen MR) is 74.7 cm³/mol. The zero-order chi connectivity index (χ0) is 13.1. The summed E-state index contributed by atoms with van der Waals surface area (Å²) in [6.45, 7) is 7.18. The van der Waals surface area contributed by atoms with Gasteiger partial charge in [0.1, 0.15) is 0 Å². The molecule has 1 aliphatic rings. The van der Waals surface area contributed by atoms with Crippen LogP contribution in [0.2, 0.25) is 0 Å². The van der Waals surface area contributed by atoms with Crippen LogP contribution in [0.4, 0.5) is 5.69 Å². The summed E-state index contributed by atoms with van der Waals surface area (Å²) in [6, 6.07) is 5.95. The fourth-order valence-electron chi connectivity index (χ4n) is 2.50. The number of rotatable bonds is 2. The summed E-state index contributed by atoms with van der Waals surface area (Å²) in [5, 5.41) is 6.36. The van der Waals surface area contributed by atoms with Gasteiger partial charge in [-0.2, -0.15) is 0 Å². The van der Waals surface area contributed by atoms with Gasteiger partial charge < -0.3 is 10.6 Å². The number of hydrogen-bond acceptors (Lipinski definition) is 2. The van der Waals surface area contributed by atoms with Gasteiger partial charge in [-0.1, -0.05) is 19.1 Å². The molecule has 0 aromatic heterocycles. The van der Waals surface area contributed by atoms with E-state index in [0.717, 1.165) is 30.6 Å². The summed E-state index contributed by atoms with van der Waals surface area (Å²) in [6.07, 6.45) is 2.28. The monoisotopic (exact) mass is 246 g/mol. The zero-order valence-corrected chi connectivity index (χ0v) is 11.4. The van der Waals surface area contributed by atoms with Crippen molar-refractivity contribution < 1.29 is 4.79 Å². The highest BCUT2D eigenvalue weighted by molar-refractivity contribution is 5.95. The van der Waals surface area contributed by atoms with Crippen LogP contribution in [0.1, 0.15) is 30.9 Å². The van der Waals surface area contributed by atoms with Crippen molar-refractivity contribution in [3.05, 3.63) is 29.3 Å². The molecule has 1 fully saturated rings. The standard InChI is InChI=1S/C15H22N2O/c1-10-6-4-8-13(12(10)3)17-15(18)14-11(2)7-5-9-16-14/h4,6,8,11,14,16H,5,7,9H2,1-3H3,(H,17,18). The number of hydrogen-bond donors (Lipinski definition) is 2. The van der Waals surface area contributed by atoms with Gasteiger partial charge in [0.25, 0.3) is 0 Å². The predicted octanol–water partition coefficient (Wildman–Crippen LogP) is 2.63. The van der Waals surface area contributed by atoms with E-state index in [4.69, 9.17) is 0 Å². The van der Waals surface area contributed by atoms with Crippen LogP contribution in [0.15, 0.2) is 18.2 Å². The van der Waals surface area contributed by atoms with Crippen molar-refractivity contribution in [2.45, 2.75) is 39.7 Å². The first-order valence-corrected chi connectivity index (χ1v) is 6.70. The van der Waals surface area contributed by atoms with Crippen molar-refractivity contribution in [2.24, 2.45) is 5.92 Å². The van der Waals surface area contributed by atoms with Gasteiger partial charge in [-0.3, -0.25) is 4.79 Å². The average molecular weight is 246 g/mol. The number of benzene rings is 1. The van der Waals surface area contributed by atoms with E-state index in [9.17, 15) is 4.79 Å². The molecule has 1 aromatic rings. The SMILES string of the molecule is Cc1cccc(NC(=O)C2NCCCC2C)c1C. The maximum atomic E-state index is 12.3. The Morgan fingerprint density at radius 2 is 2.17 bits per heavy atom. The second kappa shape index (κ2) is 5.53. The second-order valence-electron chi connectivity index (χ2n) is 5.29. The van der Waals surface area contributed by atoms with Gasteiger partial charge in [0.15, 0.2) is 0 Å². The lowest BCUT2D eigenvalue weighted by atomic mass is 9.92. The molecule has 1 aliphatic heterocycles. The van der Waals surface area contributed by atoms with Gasteiger partial charge >= 0.3 is 0 Å². The van der Waals surface area contributed by atoms with E-state index in [2.05, 4.69) is 30.5 Å². The normalized spacial score (nSPS) is 23.7. The molecule has 0 saturated carbocycles. The minimum Gasteiger partial charge on any atom is -0.324 e. The number of carbonyl (C=O) groups is 1. The molecule has 1 amide bonds. The molecular weight excluding hydrogens is 224 g/mol. The van der Waals surface area contributed by atoms with Gasteiger partial charge in [-0.15, -0.1) is 0 Å². The Morgan fingerprint density at radius 3 is 2.89 bits per heavy atom. The van der Waals surface area contributed by atoms with E-state index < -0.39 is 0 Å². The molecule has 2 unspecified atom stereocenters. The maximum Gasteiger partial charge on any atom is 0.241 e. The second-order valence-corrected chi connectivity index (χ2v) is 5.29. The Morgan fingerprint density at radius 1 is 1.39 bits per heavy atom. The average Bonchev–Trinajstić information content (AvgIpc) is 2.35. The summed E-state index contributed by atoms with van der Waals surface area (Å²) < 4.78 is 0. The largest absolute Gasteiger partial charge is 0.324 e. The van der Waals surface area contributed by atoms with E-state index in [1.54, 1.807) is 0 Å². The van der Waals surface area contributed by atoms with Crippen molar-refractivity contribution >= 4 is 11.6 Å². The van der Waals surface area contributed by atoms with E-state index in [1.165, 1.54) is 5.56 Å². The van der Waals surface area contributed by atoms with Crippen molar-refractivity contribution in [1.82, 2.24) is 5.32 Å². The summed E-state index contributed by atoms with van der Waals surface area (Å²) >= 11 is 0. The molecule has 2 atom stereocenters. The van der Waals surface area contributed by atoms with Gasteiger partial charge in [0.2, 0.25) is 5.91 Å². The number of piperidine rings is 1. The van der Waals surface area contributed by atoms with Gasteiger partial charge in [-0.05, 0) is 56.3 Å². The van der Waals surface area contributed by atoms with Crippen LogP contribution in [-0.2, 0) is 4.79 Å². The van der Waals surface area contributed by atoms with Crippen LogP contribution in [-0.4, -0.2) is 18.5 Å². The van der Waals surface area contributed by atoms with Crippen LogP contribution in [0.5, 0.6) is 0 Å². The molecule has 0 spiro atoms. The molecule has 3 heteroatoms. The highest BCUT2D eigenvalue weighted by Gasteiger charge is 2.27. The van der Waals surface area contributed by atoms with Crippen molar-refractivity contribution in [2.75, 3.05) is 11.9 Å². The van der Waals surface area contributed by atoms with E-state index in [-0.39, 0.29) is 11.9 Å². The fourth-order valence-corrected chi connectivity index (χ4v) is 2.50. The van der Waals surface area contributed by atoms with Crippen molar-refractivity contribution in [1.29, 1.82) is 0 Å². The van der Waals surface area contributed by atoms with Gasteiger partial charge in [0, 0.05) is 5.69 Å². The van der Waals surface area contributed by atoms with Crippen LogP contribution in [0.3, 0.4) is 0 Å². The first kappa shape index (κ1) is 13.1. The first-order chi connectivity index (χ1) is 8.59. The highest BCUT2D eigenvalue weighted by Crippen LogP contribution is 2.21. The third kappa shape index (κ3) is 2.72. The van der Waals surface area contributed by atoms with E-state index in [1.807, 2.05) is 19.1 Å². The molecule has 0 radical (unpaired) electrons. The molecule has 1 heterocycles. The van der Waals surface area contributed by atoms with Crippen LogP contribution >= 0.6 is 0 Å². The quantitative estimate of drug-likeness (QED) is 0.842. The Labute approximate surface area is 109 Å². The Kier molecular flexibility index (Phi) is 4.02. The number of carbonyl (C=O) groups excluding carboxylic acids is 1. The molecule has 1 saturated heterocycles. The maximum absolute atomic E-state index is 12.3. The van der Waals surface area contributed by atoms with Crippen LogP contribution < -0.4 is 10.6 Å². The number of anilines is 1. The van der Waals surface area contributed by atoms with Crippen LogP contribution in [0, 0.1) is 19.8 Å². The smallest absolute Gasteiger partial charge is 0.241 e. The summed E-state index contributed by atoms with van der Waals surface area (Å²) in [7, 11) is 0. The third-order valence-corrected chi connectivity index (χ3v) is 3.91. The fraction of sp³-hybridized carbons (Fsp3) is 0.533. The molecule has 98 valence electrons. The zero-order valence-electron chi connectivity index (χ0n) is 11.4. The van der Waals surface area contributed by atoms with Gasteiger partial charge in [-0.25, -0.2) is 0 Å². The van der Waals surface area contributed by atoms with Crippen molar-refractivity contribution in [3.8, 4) is 0 Å². The number of amides is 1. The van der Waals surface area contributed by atoms with Crippen LogP contribution in [0.25, 0.3) is 0 Å². The Bertz CT molecular complexity index is 442. The Balaban J connectivity index is 2.09.